The highest BCUT2D eigenvalue weighted by molar-refractivity contribution is 5.45. The van der Waals surface area contributed by atoms with Gasteiger partial charge in [0.05, 0.1) is 11.4 Å². The first kappa shape index (κ1) is 16.8. The predicted octanol–water partition coefficient (Wildman–Crippen LogP) is 1.67. The Kier molecular flexibility index (Phi) is 4.50. The van der Waals surface area contributed by atoms with Gasteiger partial charge in [-0.1, -0.05) is 0 Å². The number of hydrogen-bond donors (Lipinski definition) is 0. The van der Waals surface area contributed by atoms with Gasteiger partial charge in [0, 0.05) is 39.0 Å². The van der Waals surface area contributed by atoms with Crippen molar-refractivity contribution in [3.8, 4) is 0 Å². The molecule has 1 saturated heterocycles. The van der Waals surface area contributed by atoms with Crippen LogP contribution in [0.5, 0.6) is 0 Å². The monoisotopic (exact) mass is 352 g/mol. The number of rotatable bonds is 4. The Morgan fingerprint density at radius 2 is 1.92 bits per heavy atom. The molecule has 0 aromatic carbocycles. The number of hydrogen-bond acceptors (Lipinski definition) is 7. The van der Waals surface area contributed by atoms with E-state index in [0.717, 1.165) is 61.2 Å². The third kappa shape index (κ3) is 3.37. The van der Waals surface area contributed by atoms with Gasteiger partial charge in [-0.2, -0.15) is 4.52 Å². The summed E-state index contributed by atoms with van der Waals surface area (Å²) >= 11 is 0. The van der Waals surface area contributed by atoms with Crippen molar-refractivity contribution in [1.29, 1.82) is 0 Å². The number of piperidine rings is 1. The molecule has 0 spiro atoms. The maximum atomic E-state index is 4.69. The molecule has 0 N–H and O–H groups in total. The van der Waals surface area contributed by atoms with Gasteiger partial charge in [-0.3, -0.25) is 14.9 Å². The molecule has 0 radical (unpaired) electrons. The fourth-order valence-corrected chi connectivity index (χ4v) is 3.46. The molecule has 26 heavy (non-hydrogen) atoms. The van der Waals surface area contributed by atoms with E-state index >= 15 is 0 Å². The maximum absolute atomic E-state index is 4.69. The lowest BCUT2D eigenvalue weighted by Gasteiger charge is -2.30. The van der Waals surface area contributed by atoms with E-state index in [0.29, 0.717) is 5.92 Å². The fraction of sp³-hybridized carbons (Fsp3) is 0.500. The van der Waals surface area contributed by atoms with E-state index in [4.69, 9.17) is 5.10 Å². The van der Waals surface area contributed by atoms with Crippen LogP contribution >= 0.6 is 0 Å². The van der Waals surface area contributed by atoms with Gasteiger partial charge >= 0.3 is 0 Å². The molecule has 3 aromatic heterocycles. The molecule has 136 valence electrons. The van der Waals surface area contributed by atoms with Crippen LogP contribution in [0.1, 0.15) is 36.0 Å². The molecule has 0 bridgehead atoms. The molecule has 0 saturated carbocycles. The molecular formula is C18H24N8. The van der Waals surface area contributed by atoms with Gasteiger partial charge in [0.2, 0.25) is 0 Å². The summed E-state index contributed by atoms with van der Waals surface area (Å²) in [6.45, 7) is 4.87. The van der Waals surface area contributed by atoms with Gasteiger partial charge in [0.1, 0.15) is 5.82 Å². The minimum Gasteiger partial charge on any atom is -0.361 e. The van der Waals surface area contributed by atoms with Crippen molar-refractivity contribution in [2.45, 2.75) is 32.2 Å². The summed E-state index contributed by atoms with van der Waals surface area (Å²) in [5.74, 6) is 2.27. The predicted molar refractivity (Wildman–Crippen MR) is 99.1 cm³/mol. The summed E-state index contributed by atoms with van der Waals surface area (Å²) in [6.07, 6.45) is 5.75. The topological polar surface area (TPSA) is 75.3 Å². The van der Waals surface area contributed by atoms with E-state index in [9.17, 15) is 0 Å². The Morgan fingerprint density at radius 1 is 1.12 bits per heavy atom. The minimum atomic E-state index is 0.384. The van der Waals surface area contributed by atoms with E-state index in [1.54, 1.807) is 6.20 Å². The summed E-state index contributed by atoms with van der Waals surface area (Å²) in [7, 11) is 3.98. The van der Waals surface area contributed by atoms with Gasteiger partial charge in [0.15, 0.2) is 11.5 Å². The number of aryl methyl sites for hydroxylation is 1. The lowest BCUT2D eigenvalue weighted by atomic mass is 9.96. The number of aromatic nitrogens is 6. The van der Waals surface area contributed by atoms with Gasteiger partial charge < -0.3 is 4.90 Å². The van der Waals surface area contributed by atoms with Crippen molar-refractivity contribution < 1.29 is 0 Å². The quantitative estimate of drug-likeness (QED) is 0.707. The number of anilines is 1. The minimum absolute atomic E-state index is 0.384. The van der Waals surface area contributed by atoms with E-state index in [-0.39, 0.29) is 0 Å². The molecule has 1 aliphatic rings. The van der Waals surface area contributed by atoms with Crippen molar-refractivity contribution >= 4 is 11.5 Å². The first-order valence-corrected chi connectivity index (χ1v) is 9.00. The van der Waals surface area contributed by atoms with Crippen LogP contribution in [-0.4, -0.2) is 61.9 Å². The molecule has 0 amide bonds. The first-order chi connectivity index (χ1) is 12.6. The first-order valence-electron chi connectivity index (χ1n) is 9.00. The van der Waals surface area contributed by atoms with E-state index < -0.39 is 0 Å². The number of fused-ring (bicyclic) bond motifs is 1. The Balaban J connectivity index is 1.46. The zero-order valence-corrected chi connectivity index (χ0v) is 15.5. The van der Waals surface area contributed by atoms with Crippen LogP contribution in [0.4, 0.5) is 5.82 Å². The fourth-order valence-electron chi connectivity index (χ4n) is 3.46. The van der Waals surface area contributed by atoms with Gasteiger partial charge in [-0.25, -0.2) is 0 Å². The van der Waals surface area contributed by atoms with E-state index in [1.165, 1.54) is 0 Å². The van der Waals surface area contributed by atoms with Crippen LogP contribution in [0.15, 0.2) is 24.5 Å². The summed E-state index contributed by atoms with van der Waals surface area (Å²) in [4.78, 5) is 13.2. The van der Waals surface area contributed by atoms with Crippen LogP contribution in [0, 0.1) is 6.92 Å². The molecule has 4 heterocycles. The van der Waals surface area contributed by atoms with Crippen LogP contribution in [0.25, 0.3) is 5.65 Å². The molecule has 1 fully saturated rings. The normalized spacial score (nSPS) is 16.3. The molecule has 0 unspecified atom stereocenters. The number of likely N-dealkylation sites (tertiary alicyclic amines) is 1. The van der Waals surface area contributed by atoms with Crippen LogP contribution in [-0.2, 0) is 6.54 Å². The Hall–Kier alpha value is -2.61. The Morgan fingerprint density at radius 3 is 2.65 bits per heavy atom. The molecule has 0 aliphatic carbocycles. The second-order valence-electron chi connectivity index (χ2n) is 7.12. The highest BCUT2D eigenvalue weighted by atomic mass is 15.4. The third-order valence-corrected chi connectivity index (χ3v) is 4.87. The molecule has 8 heteroatoms. The van der Waals surface area contributed by atoms with Crippen LogP contribution in [0.3, 0.4) is 0 Å². The lowest BCUT2D eigenvalue weighted by molar-refractivity contribution is 0.198. The summed E-state index contributed by atoms with van der Waals surface area (Å²) in [5.41, 5.74) is 2.81. The smallest absolute Gasteiger partial charge is 0.178 e. The lowest BCUT2D eigenvalue weighted by Crippen LogP contribution is -2.33. The largest absolute Gasteiger partial charge is 0.361 e. The second-order valence-corrected chi connectivity index (χ2v) is 7.12. The van der Waals surface area contributed by atoms with Gasteiger partial charge in [-0.05, 0) is 45.0 Å². The second kappa shape index (κ2) is 6.95. The van der Waals surface area contributed by atoms with Gasteiger partial charge in [0.25, 0.3) is 0 Å². The van der Waals surface area contributed by atoms with Crippen molar-refractivity contribution in [2.75, 3.05) is 32.1 Å². The van der Waals surface area contributed by atoms with Crippen molar-refractivity contribution in [2.24, 2.45) is 0 Å². The average Bonchev–Trinajstić information content (AvgIpc) is 3.05. The highest BCUT2D eigenvalue weighted by Crippen LogP contribution is 2.27. The molecule has 8 nitrogen and oxygen atoms in total. The van der Waals surface area contributed by atoms with Crippen LogP contribution in [0.2, 0.25) is 0 Å². The molecule has 1 aliphatic heterocycles. The third-order valence-electron chi connectivity index (χ3n) is 4.87. The Labute approximate surface area is 152 Å². The maximum Gasteiger partial charge on any atom is 0.178 e. The standard InChI is InChI=1S/C18H24N8/c1-13-10-19-11-15(20-13)12-25-8-6-14(7-9-25)18-22-21-16-4-5-17(24(2)3)23-26(16)18/h4-5,10-11,14H,6-9,12H2,1-3H3. The SMILES string of the molecule is Cc1cncc(CN2CCC(c3nnc4ccc(N(C)C)nn34)CC2)n1. The average molecular weight is 352 g/mol. The van der Waals surface area contributed by atoms with Crippen LogP contribution < -0.4 is 4.90 Å². The zero-order chi connectivity index (χ0) is 18.1. The molecule has 4 rings (SSSR count). The van der Waals surface area contributed by atoms with Crippen molar-refractivity contribution in [1.82, 2.24) is 34.7 Å². The Bertz CT molecular complexity index is 895. The van der Waals surface area contributed by atoms with E-state index in [2.05, 4.69) is 25.1 Å². The van der Waals surface area contributed by atoms with Crippen molar-refractivity contribution in [3.63, 3.8) is 0 Å². The molecular weight excluding hydrogens is 328 g/mol. The van der Waals surface area contributed by atoms with Crippen molar-refractivity contribution in [3.05, 3.63) is 41.7 Å². The van der Waals surface area contributed by atoms with Gasteiger partial charge in [-0.15, -0.1) is 15.3 Å². The highest BCUT2D eigenvalue weighted by Gasteiger charge is 2.25. The summed E-state index contributed by atoms with van der Waals surface area (Å²) in [6, 6.07) is 3.95. The zero-order valence-electron chi connectivity index (χ0n) is 15.5. The van der Waals surface area contributed by atoms with E-state index in [1.807, 2.05) is 48.8 Å². The molecule has 3 aromatic rings. The summed E-state index contributed by atoms with van der Waals surface area (Å²) in [5, 5.41) is 13.4. The number of nitrogens with zero attached hydrogens (tertiary/aromatic N) is 8. The summed E-state index contributed by atoms with van der Waals surface area (Å²) < 4.78 is 1.90. The molecule has 0 atom stereocenters.